The normalized spacial score (nSPS) is 15.1. The van der Waals surface area contributed by atoms with E-state index in [2.05, 4.69) is 20.9 Å². The molecule has 45 heavy (non-hydrogen) atoms. The summed E-state index contributed by atoms with van der Waals surface area (Å²) >= 11 is 6.52. The van der Waals surface area contributed by atoms with Gasteiger partial charge in [-0.3, -0.25) is 19.3 Å². The molecule has 1 unspecified atom stereocenters. The van der Waals surface area contributed by atoms with Gasteiger partial charge in [-0.2, -0.15) is 5.26 Å². The van der Waals surface area contributed by atoms with E-state index in [-0.39, 0.29) is 47.4 Å². The zero-order valence-corrected chi connectivity index (χ0v) is 24.9. The average molecular weight is 643 g/mol. The SMILES string of the molecule is CCOC(=O)CNC[C@H](Nc1cc(C#N)ccn1)C(=O)N(c1cccc(F)c1)C(C(=O)NC1CC(F)(F)C1)c1ccccc1Cl. The van der Waals surface area contributed by atoms with Crippen molar-refractivity contribution in [2.45, 2.75) is 43.8 Å². The Labute approximate surface area is 262 Å². The van der Waals surface area contributed by atoms with E-state index < -0.39 is 60.5 Å². The van der Waals surface area contributed by atoms with E-state index in [9.17, 15) is 32.8 Å². The van der Waals surface area contributed by atoms with E-state index in [1.54, 1.807) is 19.1 Å². The topological polar surface area (TPSA) is 136 Å². The maximum Gasteiger partial charge on any atom is 0.319 e. The Morgan fingerprint density at radius 2 is 1.91 bits per heavy atom. The third kappa shape index (κ3) is 8.71. The first-order valence-electron chi connectivity index (χ1n) is 14.0. The number of ether oxygens (including phenoxy) is 1. The molecule has 1 aromatic heterocycles. The van der Waals surface area contributed by atoms with E-state index in [0.29, 0.717) is 0 Å². The summed E-state index contributed by atoms with van der Waals surface area (Å²) in [6, 6.07) is 12.3. The molecule has 2 aromatic carbocycles. The monoisotopic (exact) mass is 642 g/mol. The Morgan fingerprint density at radius 3 is 2.58 bits per heavy atom. The molecule has 1 saturated carbocycles. The number of nitriles is 1. The number of hydrogen-bond donors (Lipinski definition) is 3. The summed E-state index contributed by atoms with van der Waals surface area (Å²) in [6.45, 7) is 1.30. The summed E-state index contributed by atoms with van der Waals surface area (Å²) in [7, 11) is 0. The molecular formula is C31H30ClF3N6O4. The number of rotatable bonds is 13. The van der Waals surface area contributed by atoms with E-state index in [4.69, 9.17) is 16.3 Å². The molecule has 1 aliphatic rings. The number of esters is 1. The van der Waals surface area contributed by atoms with Gasteiger partial charge in [0.25, 0.3) is 11.8 Å². The maximum absolute atomic E-state index is 14.6. The Hall–Kier alpha value is -4.67. The Bertz CT molecular complexity index is 1580. The number of nitrogens with one attached hydrogen (secondary N) is 3. The molecule has 0 radical (unpaired) electrons. The molecule has 0 spiro atoms. The van der Waals surface area contributed by atoms with Crippen LogP contribution in [0, 0.1) is 17.1 Å². The largest absolute Gasteiger partial charge is 0.465 e. The zero-order valence-electron chi connectivity index (χ0n) is 24.1. The molecule has 4 rings (SSSR count). The number of hydrogen-bond acceptors (Lipinski definition) is 8. The fourth-order valence-electron chi connectivity index (χ4n) is 4.82. The minimum atomic E-state index is -2.93. The molecule has 2 amide bonds. The maximum atomic E-state index is 14.6. The van der Waals surface area contributed by atoms with Crippen molar-refractivity contribution in [3.05, 3.63) is 88.8 Å². The van der Waals surface area contributed by atoms with Crippen LogP contribution in [0.4, 0.5) is 24.7 Å². The standard InChI is InChI=1S/C31H30ClF3N6O4/c1-2-45-27(42)18-37-17-25(40-26-12-19(16-36)10-11-38-26)30(44)41(22-7-5-6-20(33)13-22)28(23-8-3-4-9-24(23)32)29(43)39-21-14-31(34,35)15-21/h3-13,21,25,28,37H,2,14-15,17-18H2,1H3,(H,38,40)(H,39,43)/t25-,28?/m0/s1. The summed E-state index contributed by atoms with van der Waals surface area (Å²) in [4.78, 5) is 45.7. The molecule has 3 N–H and O–H groups in total. The number of halogens is 4. The van der Waals surface area contributed by atoms with Gasteiger partial charge >= 0.3 is 5.97 Å². The number of aromatic nitrogens is 1. The lowest BCUT2D eigenvalue weighted by atomic mass is 9.87. The van der Waals surface area contributed by atoms with Crippen LogP contribution in [0.15, 0.2) is 66.9 Å². The molecule has 0 aliphatic heterocycles. The van der Waals surface area contributed by atoms with Gasteiger partial charge < -0.3 is 20.7 Å². The van der Waals surface area contributed by atoms with E-state index in [1.165, 1.54) is 42.6 Å². The predicted molar refractivity (Wildman–Crippen MR) is 160 cm³/mol. The first kappa shape index (κ1) is 33.2. The van der Waals surface area contributed by atoms with Gasteiger partial charge in [0.1, 0.15) is 23.7 Å². The van der Waals surface area contributed by atoms with Crippen molar-refractivity contribution in [3.63, 3.8) is 0 Å². The van der Waals surface area contributed by atoms with Crippen LogP contribution in [0.5, 0.6) is 0 Å². The zero-order chi connectivity index (χ0) is 32.6. The van der Waals surface area contributed by atoms with Crippen LogP contribution in [0.25, 0.3) is 0 Å². The lowest BCUT2D eigenvalue weighted by Gasteiger charge is -2.39. The number of pyridine rings is 1. The third-order valence-corrected chi connectivity index (χ3v) is 7.24. The highest BCUT2D eigenvalue weighted by molar-refractivity contribution is 6.31. The highest BCUT2D eigenvalue weighted by Gasteiger charge is 2.47. The summed E-state index contributed by atoms with van der Waals surface area (Å²) in [5.74, 6) is -5.71. The average Bonchev–Trinajstić information content (AvgIpc) is 2.99. The summed E-state index contributed by atoms with van der Waals surface area (Å²) < 4.78 is 46.9. The minimum Gasteiger partial charge on any atom is -0.465 e. The molecule has 1 aliphatic carbocycles. The molecule has 0 saturated heterocycles. The number of nitrogens with zero attached hydrogens (tertiary/aromatic N) is 3. The van der Waals surface area contributed by atoms with Crippen molar-refractivity contribution in [1.29, 1.82) is 5.26 Å². The van der Waals surface area contributed by atoms with E-state index in [1.807, 2.05) is 6.07 Å². The van der Waals surface area contributed by atoms with Crippen LogP contribution >= 0.6 is 11.6 Å². The second-order valence-corrected chi connectivity index (χ2v) is 10.7. The van der Waals surface area contributed by atoms with Crippen LogP contribution in [0.3, 0.4) is 0 Å². The Morgan fingerprint density at radius 1 is 1.16 bits per heavy atom. The van der Waals surface area contributed by atoms with E-state index >= 15 is 0 Å². The van der Waals surface area contributed by atoms with Crippen molar-refractivity contribution >= 4 is 40.9 Å². The van der Waals surface area contributed by atoms with Gasteiger partial charge in [0.05, 0.1) is 24.8 Å². The van der Waals surface area contributed by atoms with Crippen molar-refractivity contribution in [2.24, 2.45) is 0 Å². The molecule has 236 valence electrons. The van der Waals surface area contributed by atoms with Crippen molar-refractivity contribution < 1.29 is 32.3 Å². The van der Waals surface area contributed by atoms with Crippen LogP contribution in [0.1, 0.15) is 36.9 Å². The highest BCUT2D eigenvalue weighted by Crippen LogP contribution is 2.39. The van der Waals surface area contributed by atoms with E-state index in [0.717, 1.165) is 17.0 Å². The molecule has 1 heterocycles. The van der Waals surface area contributed by atoms with Gasteiger partial charge in [-0.15, -0.1) is 0 Å². The first-order chi connectivity index (χ1) is 21.5. The van der Waals surface area contributed by atoms with Crippen LogP contribution in [-0.4, -0.2) is 60.5 Å². The van der Waals surface area contributed by atoms with Gasteiger partial charge in [0, 0.05) is 47.9 Å². The van der Waals surface area contributed by atoms with Gasteiger partial charge in [-0.1, -0.05) is 35.9 Å². The molecule has 1 fully saturated rings. The first-order valence-corrected chi connectivity index (χ1v) is 14.4. The van der Waals surface area contributed by atoms with Gasteiger partial charge in [-0.05, 0) is 43.3 Å². The van der Waals surface area contributed by atoms with Crippen LogP contribution in [0.2, 0.25) is 5.02 Å². The molecular weight excluding hydrogens is 613 g/mol. The molecule has 0 bridgehead atoms. The quantitative estimate of drug-likeness (QED) is 0.234. The lowest BCUT2D eigenvalue weighted by molar-refractivity contribution is -0.142. The fourth-order valence-corrected chi connectivity index (χ4v) is 5.06. The molecule has 3 aromatic rings. The number of carbonyl (C=O) groups excluding carboxylic acids is 3. The second-order valence-electron chi connectivity index (χ2n) is 10.3. The van der Waals surface area contributed by atoms with Crippen LogP contribution < -0.4 is 20.9 Å². The summed E-state index contributed by atoms with van der Waals surface area (Å²) in [5.41, 5.74) is 0.365. The van der Waals surface area contributed by atoms with Crippen molar-refractivity contribution in [2.75, 3.05) is 29.9 Å². The highest BCUT2D eigenvalue weighted by atomic mass is 35.5. The number of alkyl halides is 2. The number of amides is 2. The Balaban J connectivity index is 1.78. The summed E-state index contributed by atoms with van der Waals surface area (Å²) in [5, 5.41) is 17.8. The fraction of sp³-hybridized carbons (Fsp3) is 0.323. The van der Waals surface area contributed by atoms with Crippen LogP contribution in [-0.2, 0) is 19.1 Å². The number of carbonyl (C=O) groups is 3. The molecule has 14 heteroatoms. The molecule has 2 atom stereocenters. The smallest absolute Gasteiger partial charge is 0.319 e. The second kappa shape index (κ2) is 14.9. The minimum absolute atomic E-state index is 0.0325. The predicted octanol–water partition coefficient (Wildman–Crippen LogP) is 4.37. The Kier molecular flexibility index (Phi) is 11.0. The summed E-state index contributed by atoms with van der Waals surface area (Å²) in [6.07, 6.45) is 0.197. The lowest BCUT2D eigenvalue weighted by Crippen LogP contribution is -2.56. The number of benzene rings is 2. The van der Waals surface area contributed by atoms with Crippen molar-refractivity contribution in [1.82, 2.24) is 15.6 Å². The third-order valence-electron chi connectivity index (χ3n) is 6.90. The van der Waals surface area contributed by atoms with Gasteiger partial charge in [0.2, 0.25) is 5.91 Å². The van der Waals surface area contributed by atoms with Gasteiger partial charge in [0.15, 0.2) is 0 Å². The van der Waals surface area contributed by atoms with Gasteiger partial charge in [-0.25, -0.2) is 18.2 Å². The number of anilines is 2. The van der Waals surface area contributed by atoms with Crippen molar-refractivity contribution in [3.8, 4) is 6.07 Å². The molecule has 10 nitrogen and oxygen atoms in total.